The molecule has 0 unspecified atom stereocenters. The Balaban J connectivity index is 0.000000125. The fourth-order valence-corrected chi connectivity index (χ4v) is 2.08. The molecule has 0 heteroatoms. The zero-order valence-corrected chi connectivity index (χ0v) is 11.9. The molecule has 0 radical (unpaired) electrons. The predicted octanol–water partition coefficient (Wildman–Crippen LogP) is 5.95. The van der Waals surface area contributed by atoms with Crippen molar-refractivity contribution in [3.05, 3.63) is 0 Å². The second-order valence-corrected chi connectivity index (χ2v) is 6.82. The monoisotopic (exact) mass is 224 g/mol. The lowest BCUT2D eigenvalue weighted by molar-refractivity contribution is 0.351. The molecule has 0 bridgehead atoms. The van der Waals surface area contributed by atoms with Crippen LogP contribution in [0, 0.1) is 11.3 Å². The van der Waals surface area contributed by atoms with E-state index in [0.29, 0.717) is 5.41 Å². The van der Waals surface area contributed by atoms with Gasteiger partial charge < -0.3 is 0 Å². The highest BCUT2D eigenvalue weighted by Gasteiger charge is 2.33. The molecule has 0 saturated heterocycles. The summed E-state index contributed by atoms with van der Waals surface area (Å²) in [4.78, 5) is 0. The zero-order chi connectivity index (χ0) is 11.9. The van der Waals surface area contributed by atoms with E-state index in [4.69, 9.17) is 0 Å². The predicted molar refractivity (Wildman–Crippen MR) is 73.7 cm³/mol. The fourth-order valence-electron chi connectivity index (χ4n) is 2.08. The molecule has 3 saturated carbocycles. The van der Waals surface area contributed by atoms with Crippen molar-refractivity contribution in [3.8, 4) is 0 Å². The highest BCUT2D eigenvalue weighted by Crippen LogP contribution is 2.44. The average Bonchev–Trinajstić information content (AvgIpc) is 2.78. The van der Waals surface area contributed by atoms with Crippen molar-refractivity contribution in [2.24, 2.45) is 11.3 Å². The third kappa shape index (κ3) is 7.30. The van der Waals surface area contributed by atoms with Gasteiger partial charge in [-0.2, -0.15) is 0 Å². The van der Waals surface area contributed by atoms with Gasteiger partial charge in [0.25, 0.3) is 0 Å². The van der Waals surface area contributed by atoms with Crippen LogP contribution in [0.1, 0.15) is 91.4 Å². The molecule has 0 nitrogen and oxygen atoms in total. The minimum Gasteiger partial charge on any atom is -0.0599 e. The molecular weight excluding hydrogens is 192 g/mol. The van der Waals surface area contributed by atoms with Gasteiger partial charge in [-0.15, -0.1) is 0 Å². The van der Waals surface area contributed by atoms with Crippen molar-refractivity contribution < 1.29 is 0 Å². The van der Waals surface area contributed by atoms with E-state index in [0.717, 1.165) is 5.92 Å². The maximum atomic E-state index is 2.32. The maximum absolute atomic E-state index is 2.32. The van der Waals surface area contributed by atoms with E-state index >= 15 is 0 Å². The third-order valence-electron chi connectivity index (χ3n) is 4.05. The smallest absolute Gasteiger partial charge is 0.0354 e. The van der Waals surface area contributed by atoms with E-state index in [9.17, 15) is 0 Å². The largest absolute Gasteiger partial charge is 0.0599 e. The molecule has 0 aliphatic heterocycles. The van der Waals surface area contributed by atoms with Crippen LogP contribution in [-0.2, 0) is 0 Å². The zero-order valence-electron chi connectivity index (χ0n) is 11.9. The molecule has 0 aromatic carbocycles. The van der Waals surface area contributed by atoms with Crippen LogP contribution in [0.15, 0.2) is 0 Å². The molecule has 0 atom stereocenters. The van der Waals surface area contributed by atoms with Crippen molar-refractivity contribution in [1.29, 1.82) is 0 Å². The second kappa shape index (κ2) is 7.35. The van der Waals surface area contributed by atoms with Gasteiger partial charge in [0.2, 0.25) is 0 Å². The SMILES string of the molecule is C1CCC1.C1CCCC1.CC(C)(C)C1CC1. The van der Waals surface area contributed by atoms with E-state index < -0.39 is 0 Å². The Hall–Kier alpha value is 0. The highest BCUT2D eigenvalue weighted by atomic mass is 14.4. The topological polar surface area (TPSA) is 0 Å². The Bertz CT molecular complexity index is 140. The minimum absolute atomic E-state index is 0.611. The molecular formula is C16H32. The average molecular weight is 224 g/mol. The molecule has 0 amide bonds. The minimum atomic E-state index is 0.611. The Morgan fingerprint density at radius 3 is 0.875 bits per heavy atom. The Labute approximate surface area is 103 Å². The summed E-state index contributed by atoms with van der Waals surface area (Å²) < 4.78 is 0. The van der Waals surface area contributed by atoms with E-state index in [-0.39, 0.29) is 0 Å². The molecule has 3 fully saturated rings. The molecule has 0 spiro atoms. The van der Waals surface area contributed by atoms with Gasteiger partial charge in [0.05, 0.1) is 0 Å². The standard InChI is InChI=1S/C7H14.C5H10.C4H8/c1-7(2,3)6-4-5-6;1-2-4-5-3-1;1-2-4-3-1/h6H,4-5H2,1-3H3;1-5H2;1-4H2. The van der Waals surface area contributed by atoms with Crippen LogP contribution in [0.25, 0.3) is 0 Å². The highest BCUT2D eigenvalue weighted by molar-refractivity contribution is 4.84. The van der Waals surface area contributed by atoms with E-state index in [1.807, 2.05) is 0 Å². The summed E-state index contributed by atoms with van der Waals surface area (Å²) in [5, 5.41) is 0. The Kier molecular flexibility index (Phi) is 6.46. The summed E-state index contributed by atoms with van der Waals surface area (Å²) in [6.07, 6.45) is 16.5. The molecule has 0 N–H and O–H groups in total. The summed E-state index contributed by atoms with van der Waals surface area (Å²) in [5.74, 6) is 1.05. The summed E-state index contributed by atoms with van der Waals surface area (Å²) in [6, 6.07) is 0. The van der Waals surface area contributed by atoms with Crippen LogP contribution in [0.5, 0.6) is 0 Å². The summed E-state index contributed by atoms with van der Waals surface area (Å²) in [7, 11) is 0. The number of hydrogen-bond donors (Lipinski definition) is 0. The van der Waals surface area contributed by atoms with Crippen molar-refractivity contribution in [1.82, 2.24) is 0 Å². The molecule has 96 valence electrons. The van der Waals surface area contributed by atoms with E-state index in [1.54, 1.807) is 0 Å². The second-order valence-electron chi connectivity index (χ2n) is 6.82. The van der Waals surface area contributed by atoms with Gasteiger partial charge in [-0.1, -0.05) is 78.6 Å². The van der Waals surface area contributed by atoms with Gasteiger partial charge in [-0.3, -0.25) is 0 Å². The molecule has 16 heavy (non-hydrogen) atoms. The lowest BCUT2D eigenvalue weighted by Gasteiger charge is -2.15. The number of hydrogen-bond acceptors (Lipinski definition) is 0. The first-order valence-electron chi connectivity index (χ1n) is 7.61. The lowest BCUT2D eigenvalue weighted by Crippen LogP contribution is -2.06. The van der Waals surface area contributed by atoms with E-state index in [1.165, 1.54) is 70.6 Å². The van der Waals surface area contributed by atoms with Crippen molar-refractivity contribution in [2.75, 3.05) is 0 Å². The molecule has 0 aromatic rings. The summed E-state index contributed by atoms with van der Waals surface area (Å²) in [5.41, 5.74) is 0.611. The quantitative estimate of drug-likeness (QED) is 0.476. The molecule has 0 heterocycles. The third-order valence-corrected chi connectivity index (χ3v) is 4.05. The van der Waals surface area contributed by atoms with Gasteiger partial charge in [0, 0.05) is 0 Å². The Morgan fingerprint density at radius 1 is 0.562 bits per heavy atom. The first-order chi connectivity index (χ1) is 7.61. The van der Waals surface area contributed by atoms with Crippen molar-refractivity contribution in [2.45, 2.75) is 91.4 Å². The van der Waals surface area contributed by atoms with Crippen LogP contribution in [-0.4, -0.2) is 0 Å². The van der Waals surface area contributed by atoms with Gasteiger partial charge in [0.1, 0.15) is 0 Å². The van der Waals surface area contributed by atoms with Gasteiger partial charge >= 0.3 is 0 Å². The maximum Gasteiger partial charge on any atom is -0.0354 e. The van der Waals surface area contributed by atoms with Crippen LogP contribution >= 0.6 is 0 Å². The van der Waals surface area contributed by atoms with Crippen molar-refractivity contribution in [3.63, 3.8) is 0 Å². The van der Waals surface area contributed by atoms with E-state index in [2.05, 4.69) is 20.8 Å². The molecule has 3 aliphatic carbocycles. The van der Waals surface area contributed by atoms with Crippen LogP contribution in [0.3, 0.4) is 0 Å². The van der Waals surface area contributed by atoms with Gasteiger partial charge in [-0.25, -0.2) is 0 Å². The van der Waals surface area contributed by atoms with Crippen LogP contribution in [0.4, 0.5) is 0 Å². The van der Waals surface area contributed by atoms with Gasteiger partial charge in [-0.05, 0) is 24.2 Å². The normalized spacial score (nSPS) is 23.4. The number of rotatable bonds is 0. The van der Waals surface area contributed by atoms with Crippen LogP contribution < -0.4 is 0 Å². The first-order valence-corrected chi connectivity index (χ1v) is 7.61. The van der Waals surface area contributed by atoms with Crippen molar-refractivity contribution >= 4 is 0 Å². The van der Waals surface area contributed by atoms with Crippen LogP contribution in [0.2, 0.25) is 0 Å². The summed E-state index contributed by atoms with van der Waals surface area (Å²) in [6.45, 7) is 6.97. The Morgan fingerprint density at radius 2 is 0.812 bits per heavy atom. The fraction of sp³-hybridized carbons (Fsp3) is 1.00. The van der Waals surface area contributed by atoms with Gasteiger partial charge in [0.15, 0.2) is 0 Å². The molecule has 3 aliphatic rings. The summed E-state index contributed by atoms with van der Waals surface area (Å²) >= 11 is 0. The molecule has 3 rings (SSSR count). The molecule has 0 aromatic heterocycles. The lowest BCUT2D eigenvalue weighted by atomic mass is 9.91. The first kappa shape index (κ1) is 14.1.